The molecule has 0 bridgehead atoms. The van der Waals surface area contributed by atoms with Gasteiger partial charge in [-0.3, -0.25) is 4.90 Å². The smallest absolute Gasteiger partial charge is 0.230 e. The molecule has 1 fully saturated rings. The van der Waals surface area contributed by atoms with Gasteiger partial charge in [0.25, 0.3) is 0 Å². The fourth-order valence-corrected chi connectivity index (χ4v) is 3.02. The minimum Gasteiger partial charge on any atom is -0.424 e. The lowest BCUT2D eigenvalue weighted by Gasteiger charge is -2.18. The Kier molecular flexibility index (Phi) is 3.18. The van der Waals surface area contributed by atoms with E-state index in [-0.39, 0.29) is 0 Å². The Bertz CT molecular complexity index is 488. The lowest BCUT2D eigenvalue weighted by Crippen LogP contribution is -2.24. The molecule has 1 saturated carbocycles. The van der Waals surface area contributed by atoms with Gasteiger partial charge in [-0.25, -0.2) is 0 Å². The first-order chi connectivity index (χ1) is 8.70. The normalized spacial score (nSPS) is 15.5. The third-order valence-electron chi connectivity index (χ3n) is 3.12. The predicted molar refractivity (Wildman–Crippen MR) is 70.4 cm³/mol. The van der Waals surface area contributed by atoms with Crippen molar-refractivity contribution < 1.29 is 4.42 Å². The topological polar surface area (TPSA) is 42.2 Å². The van der Waals surface area contributed by atoms with Crippen LogP contribution in [0.5, 0.6) is 0 Å². The summed E-state index contributed by atoms with van der Waals surface area (Å²) in [4.78, 5) is 5.23. The van der Waals surface area contributed by atoms with Crippen LogP contribution in [0.2, 0.25) is 0 Å². The maximum Gasteiger partial charge on any atom is 0.230 e. The summed E-state index contributed by atoms with van der Waals surface area (Å²) < 4.78 is 5.47. The van der Waals surface area contributed by atoms with Crippen LogP contribution in [0.3, 0.4) is 0 Å². The van der Waals surface area contributed by atoms with E-state index in [1.54, 1.807) is 0 Å². The molecule has 2 heterocycles. The quantitative estimate of drug-likeness (QED) is 0.832. The van der Waals surface area contributed by atoms with Crippen molar-refractivity contribution in [3.8, 4) is 0 Å². The number of nitrogens with zero attached hydrogens (tertiary/aromatic N) is 3. The van der Waals surface area contributed by atoms with E-state index in [4.69, 9.17) is 4.42 Å². The first-order valence-electron chi connectivity index (χ1n) is 6.29. The average Bonchev–Trinajstić information content (AvgIpc) is 2.99. The molecule has 0 amide bonds. The minimum absolute atomic E-state index is 0.646. The summed E-state index contributed by atoms with van der Waals surface area (Å²) in [5.41, 5.74) is 0. The number of hydrogen-bond donors (Lipinski definition) is 0. The molecule has 5 heteroatoms. The second-order valence-corrected chi connectivity index (χ2v) is 6.24. The van der Waals surface area contributed by atoms with E-state index in [1.165, 1.54) is 22.6 Å². The fraction of sp³-hybridized carbons (Fsp3) is 0.538. The van der Waals surface area contributed by atoms with Crippen LogP contribution in [-0.4, -0.2) is 21.1 Å². The molecule has 0 aromatic carbocycles. The molecule has 2 aromatic rings. The maximum absolute atomic E-state index is 5.47. The van der Waals surface area contributed by atoms with Gasteiger partial charge in [-0.1, -0.05) is 0 Å². The minimum atomic E-state index is 0.646. The Morgan fingerprint density at radius 2 is 2.11 bits per heavy atom. The van der Waals surface area contributed by atoms with E-state index < -0.39 is 0 Å². The Morgan fingerprint density at radius 3 is 2.67 bits per heavy atom. The maximum atomic E-state index is 5.47. The van der Waals surface area contributed by atoms with Crippen molar-refractivity contribution in [1.82, 2.24) is 15.1 Å². The molecule has 96 valence electrons. The van der Waals surface area contributed by atoms with Crippen molar-refractivity contribution >= 4 is 11.3 Å². The molecule has 4 nitrogen and oxygen atoms in total. The largest absolute Gasteiger partial charge is 0.424 e. The van der Waals surface area contributed by atoms with Gasteiger partial charge in [-0.15, -0.1) is 21.5 Å². The SMILES string of the molecule is Cc1nnc(CN(Cc2ccc(C)s2)C2CC2)o1. The molecule has 2 aromatic heterocycles. The summed E-state index contributed by atoms with van der Waals surface area (Å²) in [5, 5.41) is 7.98. The molecule has 3 rings (SSSR count). The fourth-order valence-electron chi connectivity index (χ4n) is 2.10. The van der Waals surface area contributed by atoms with Gasteiger partial charge in [0.15, 0.2) is 0 Å². The molecular formula is C13H17N3OS. The van der Waals surface area contributed by atoms with Gasteiger partial charge in [0.05, 0.1) is 6.54 Å². The highest BCUT2D eigenvalue weighted by Crippen LogP contribution is 2.30. The third kappa shape index (κ3) is 2.79. The zero-order chi connectivity index (χ0) is 12.5. The molecule has 0 spiro atoms. The lowest BCUT2D eigenvalue weighted by atomic mass is 10.3. The molecule has 0 saturated heterocycles. The zero-order valence-corrected chi connectivity index (χ0v) is 11.5. The molecule has 0 unspecified atom stereocenters. The Morgan fingerprint density at radius 1 is 1.28 bits per heavy atom. The molecule has 1 aliphatic carbocycles. The first kappa shape index (κ1) is 11.9. The van der Waals surface area contributed by atoms with E-state index in [9.17, 15) is 0 Å². The van der Waals surface area contributed by atoms with Crippen molar-refractivity contribution in [2.75, 3.05) is 0 Å². The van der Waals surface area contributed by atoms with Gasteiger partial charge in [0, 0.05) is 29.3 Å². The van der Waals surface area contributed by atoms with Crippen molar-refractivity contribution in [2.24, 2.45) is 0 Å². The van der Waals surface area contributed by atoms with Gasteiger partial charge in [-0.2, -0.15) is 0 Å². The monoisotopic (exact) mass is 263 g/mol. The van der Waals surface area contributed by atoms with Gasteiger partial charge in [0.1, 0.15) is 0 Å². The molecule has 0 aliphatic heterocycles. The Balaban J connectivity index is 1.68. The standard InChI is InChI=1S/C13H17N3OS/c1-9-3-6-12(18-9)7-16(11-4-5-11)8-13-15-14-10(2)17-13/h3,6,11H,4-5,7-8H2,1-2H3. The molecule has 0 N–H and O–H groups in total. The van der Waals surface area contributed by atoms with Crippen LogP contribution in [0.4, 0.5) is 0 Å². The lowest BCUT2D eigenvalue weighted by molar-refractivity contribution is 0.221. The van der Waals surface area contributed by atoms with Crippen LogP contribution >= 0.6 is 11.3 Å². The Labute approximate surface area is 111 Å². The van der Waals surface area contributed by atoms with E-state index in [0.29, 0.717) is 11.9 Å². The zero-order valence-electron chi connectivity index (χ0n) is 10.7. The number of aromatic nitrogens is 2. The highest BCUT2D eigenvalue weighted by molar-refractivity contribution is 7.11. The highest BCUT2D eigenvalue weighted by Gasteiger charge is 2.30. The van der Waals surface area contributed by atoms with Crippen LogP contribution in [0, 0.1) is 13.8 Å². The second kappa shape index (κ2) is 4.82. The number of rotatable bonds is 5. The third-order valence-corrected chi connectivity index (χ3v) is 4.11. The van der Waals surface area contributed by atoms with Crippen LogP contribution in [-0.2, 0) is 13.1 Å². The van der Waals surface area contributed by atoms with Gasteiger partial charge in [-0.05, 0) is 31.9 Å². The summed E-state index contributed by atoms with van der Waals surface area (Å²) in [6.45, 7) is 5.74. The van der Waals surface area contributed by atoms with E-state index >= 15 is 0 Å². The molecule has 1 aliphatic rings. The van der Waals surface area contributed by atoms with Crippen molar-refractivity contribution in [1.29, 1.82) is 0 Å². The number of thiophene rings is 1. The van der Waals surface area contributed by atoms with Gasteiger partial charge < -0.3 is 4.42 Å². The molecule has 0 atom stereocenters. The van der Waals surface area contributed by atoms with Gasteiger partial charge >= 0.3 is 0 Å². The molecule has 0 radical (unpaired) electrons. The van der Waals surface area contributed by atoms with Crippen molar-refractivity contribution in [3.05, 3.63) is 33.7 Å². The summed E-state index contributed by atoms with van der Waals surface area (Å²) in [6.07, 6.45) is 2.58. The first-order valence-corrected chi connectivity index (χ1v) is 7.11. The molecular weight excluding hydrogens is 246 g/mol. The van der Waals surface area contributed by atoms with Crippen LogP contribution in [0.25, 0.3) is 0 Å². The predicted octanol–water partition coefficient (Wildman–Crippen LogP) is 2.91. The summed E-state index contributed by atoms with van der Waals surface area (Å²) in [7, 11) is 0. The average molecular weight is 263 g/mol. The number of aryl methyl sites for hydroxylation is 2. The Hall–Kier alpha value is -1.20. The van der Waals surface area contributed by atoms with Gasteiger partial charge in [0.2, 0.25) is 11.8 Å². The summed E-state index contributed by atoms with van der Waals surface area (Å²) in [6, 6.07) is 5.09. The van der Waals surface area contributed by atoms with E-state index in [1.807, 2.05) is 18.3 Å². The second-order valence-electron chi connectivity index (χ2n) is 4.86. The van der Waals surface area contributed by atoms with Crippen LogP contribution in [0.15, 0.2) is 16.5 Å². The summed E-state index contributed by atoms with van der Waals surface area (Å²) in [5.74, 6) is 1.38. The van der Waals surface area contributed by atoms with Crippen LogP contribution in [0.1, 0.15) is 34.4 Å². The van der Waals surface area contributed by atoms with Crippen molar-refractivity contribution in [3.63, 3.8) is 0 Å². The van der Waals surface area contributed by atoms with E-state index in [0.717, 1.165) is 19.0 Å². The summed E-state index contributed by atoms with van der Waals surface area (Å²) >= 11 is 1.87. The van der Waals surface area contributed by atoms with E-state index in [2.05, 4.69) is 34.2 Å². The van der Waals surface area contributed by atoms with Crippen LogP contribution < -0.4 is 0 Å². The molecule has 18 heavy (non-hydrogen) atoms. The highest BCUT2D eigenvalue weighted by atomic mass is 32.1. The number of hydrogen-bond acceptors (Lipinski definition) is 5. The van der Waals surface area contributed by atoms with Crippen molar-refractivity contribution in [2.45, 2.75) is 45.8 Å².